The highest BCUT2D eigenvalue weighted by Crippen LogP contribution is 2.51. The Balaban J connectivity index is 1.56. The van der Waals surface area contributed by atoms with Crippen LogP contribution in [0.3, 0.4) is 0 Å². The third-order valence-corrected chi connectivity index (χ3v) is 6.58. The predicted molar refractivity (Wildman–Crippen MR) is 109 cm³/mol. The molecule has 1 heterocycles. The maximum absolute atomic E-state index is 12.3. The number of rotatable bonds is 3. The number of benzene rings is 1. The van der Waals surface area contributed by atoms with E-state index in [0.29, 0.717) is 0 Å². The van der Waals surface area contributed by atoms with E-state index in [9.17, 15) is 14.7 Å². The second-order valence-corrected chi connectivity index (χ2v) is 9.67. The highest BCUT2D eigenvalue weighted by molar-refractivity contribution is 5.93. The van der Waals surface area contributed by atoms with Crippen molar-refractivity contribution in [2.24, 2.45) is 0 Å². The van der Waals surface area contributed by atoms with Crippen LogP contribution in [-0.4, -0.2) is 38.1 Å². The summed E-state index contributed by atoms with van der Waals surface area (Å²) < 4.78 is 7.59. The Kier molecular flexibility index (Phi) is 4.40. The first-order valence-electron chi connectivity index (χ1n) is 10.3. The van der Waals surface area contributed by atoms with E-state index in [-0.39, 0.29) is 22.7 Å². The fraction of sp³-hybridized carbons (Fsp3) is 0.591. The van der Waals surface area contributed by atoms with E-state index in [2.05, 4.69) is 16.9 Å². The van der Waals surface area contributed by atoms with Crippen molar-refractivity contribution >= 4 is 23.0 Å². The average Bonchev–Trinajstić information content (AvgIpc) is 2.98. The molecule has 1 aromatic carbocycles. The molecule has 2 bridgehead atoms. The Morgan fingerprint density at radius 2 is 1.76 bits per heavy atom. The minimum Gasteiger partial charge on any atom is -0.478 e. The zero-order chi connectivity index (χ0) is 21.0. The maximum Gasteiger partial charge on any atom is 0.408 e. The molecule has 7 nitrogen and oxygen atoms in total. The van der Waals surface area contributed by atoms with E-state index in [1.165, 1.54) is 0 Å². The summed E-state index contributed by atoms with van der Waals surface area (Å²) in [7, 11) is 0. The summed E-state index contributed by atoms with van der Waals surface area (Å²) in [5.74, 6) is -0.939. The summed E-state index contributed by atoms with van der Waals surface area (Å²) in [4.78, 5) is 23.6. The number of carbonyl (C=O) groups excluding carboxylic acids is 1. The van der Waals surface area contributed by atoms with Gasteiger partial charge in [0, 0.05) is 16.6 Å². The number of carbonyl (C=O) groups is 2. The molecule has 1 aromatic heterocycles. The van der Waals surface area contributed by atoms with E-state index < -0.39 is 11.6 Å². The van der Waals surface area contributed by atoms with Crippen LogP contribution in [0.1, 0.15) is 75.3 Å². The predicted octanol–water partition coefficient (Wildman–Crippen LogP) is 4.37. The normalized spacial score (nSPS) is 26.5. The van der Waals surface area contributed by atoms with E-state index in [1.807, 2.05) is 26.8 Å². The molecule has 0 atom stereocenters. The number of amides is 1. The molecular formula is C22H29N3O4. The van der Waals surface area contributed by atoms with Crippen LogP contribution in [0.15, 0.2) is 18.2 Å². The number of alkyl carbamates (subject to hydrolysis) is 1. The number of aryl methyl sites for hydroxylation is 1. The van der Waals surface area contributed by atoms with Gasteiger partial charge in [0.05, 0.1) is 16.6 Å². The molecule has 0 unspecified atom stereocenters. The molecule has 0 aliphatic heterocycles. The van der Waals surface area contributed by atoms with Gasteiger partial charge in [-0.3, -0.25) is 4.68 Å². The molecule has 3 aliphatic carbocycles. The van der Waals surface area contributed by atoms with Crippen molar-refractivity contribution in [2.45, 2.75) is 82.9 Å². The van der Waals surface area contributed by atoms with Crippen molar-refractivity contribution < 1.29 is 19.4 Å². The fourth-order valence-corrected chi connectivity index (χ4v) is 5.00. The minimum absolute atomic E-state index is 0.0656. The molecule has 1 amide bonds. The lowest BCUT2D eigenvalue weighted by atomic mass is 9.61. The monoisotopic (exact) mass is 399 g/mol. The molecule has 0 saturated heterocycles. The van der Waals surface area contributed by atoms with Gasteiger partial charge in [-0.2, -0.15) is 5.10 Å². The summed E-state index contributed by atoms with van der Waals surface area (Å²) in [6, 6.07) is 5.14. The van der Waals surface area contributed by atoms with Crippen LogP contribution in [0.5, 0.6) is 0 Å². The number of fused-ring (bicyclic) bond motifs is 4. The Morgan fingerprint density at radius 1 is 1.14 bits per heavy atom. The molecule has 3 fully saturated rings. The lowest BCUT2D eigenvalue weighted by molar-refractivity contribution is 0.00455. The molecule has 0 spiro atoms. The SMILES string of the molecule is Cc1c2ccc(C(=O)O)cc2nn1C12CCC(NC(=O)OC(C)(C)C)(CC1)CC2. The summed E-state index contributed by atoms with van der Waals surface area (Å²) in [6.45, 7) is 7.67. The number of nitrogens with one attached hydrogen (secondary N) is 1. The lowest BCUT2D eigenvalue weighted by Gasteiger charge is -2.53. The summed E-state index contributed by atoms with van der Waals surface area (Å²) >= 11 is 0. The van der Waals surface area contributed by atoms with Gasteiger partial charge in [-0.15, -0.1) is 0 Å². The van der Waals surface area contributed by atoms with Crippen LogP contribution in [0.4, 0.5) is 4.79 Å². The summed E-state index contributed by atoms with van der Waals surface area (Å²) in [6.07, 6.45) is 5.14. The topological polar surface area (TPSA) is 93.5 Å². The maximum atomic E-state index is 12.3. The van der Waals surface area contributed by atoms with Crippen molar-refractivity contribution in [2.75, 3.05) is 0 Å². The number of hydrogen-bond donors (Lipinski definition) is 2. The van der Waals surface area contributed by atoms with Crippen molar-refractivity contribution in [3.63, 3.8) is 0 Å². The van der Waals surface area contributed by atoms with E-state index in [0.717, 1.165) is 55.1 Å². The van der Waals surface area contributed by atoms with Crippen LogP contribution in [-0.2, 0) is 10.3 Å². The van der Waals surface area contributed by atoms with Gasteiger partial charge < -0.3 is 15.2 Å². The van der Waals surface area contributed by atoms with Gasteiger partial charge in [-0.05, 0) is 78.4 Å². The minimum atomic E-state index is -0.939. The molecule has 156 valence electrons. The number of aromatic carboxylic acids is 1. The quantitative estimate of drug-likeness (QED) is 0.799. The smallest absolute Gasteiger partial charge is 0.408 e. The second kappa shape index (κ2) is 6.47. The number of ether oxygens (including phenoxy) is 1. The molecule has 2 aromatic rings. The van der Waals surface area contributed by atoms with Crippen molar-refractivity contribution in [3.8, 4) is 0 Å². The van der Waals surface area contributed by atoms with Crippen molar-refractivity contribution in [1.82, 2.24) is 15.1 Å². The fourth-order valence-electron chi connectivity index (χ4n) is 5.00. The van der Waals surface area contributed by atoms with E-state index in [1.54, 1.807) is 12.1 Å². The molecule has 3 aliphatic rings. The number of carboxylic acids is 1. The number of nitrogens with zero attached hydrogens (tertiary/aromatic N) is 2. The van der Waals surface area contributed by atoms with Gasteiger partial charge in [0.25, 0.3) is 0 Å². The van der Waals surface area contributed by atoms with Gasteiger partial charge in [0.15, 0.2) is 0 Å². The van der Waals surface area contributed by atoms with Gasteiger partial charge in [-0.1, -0.05) is 6.07 Å². The van der Waals surface area contributed by atoms with Crippen LogP contribution in [0.25, 0.3) is 10.9 Å². The first-order chi connectivity index (χ1) is 13.5. The Morgan fingerprint density at radius 3 is 2.31 bits per heavy atom. The summed E-state index contributed by atoms with van der Waals surface area (Å²) in [5, 5.41) is 18.2. The molecular weight excluding hydrogens is 370 g/mol. The molecule has 29 heavy (non-hydrogen) atoms. The zero-order valence-corrected chi connectivity index (χ0v) is 17.5. The van der Waals surface area contributed by atoms with Crippen LogP contribution in [0.2, 0.25) is 0 Å². The lowest BCUT2D eigenvalue weighted by Crippen LogP contribution is -2.60. The molecule has 3 saturated carbocycles. The standard InChI is InChI=1S/C22H29N3O4/c1-14-16-6-5-15(18(26)27)13-17(16)24-25(14)22-10-7-21(8-11-22,9-12-22)23-19(28)29-20(2,3)4/h5-6,13H,7-12H2,1-4H3,(H,23,28)(H,26,27). The molecule has 5 rings (SSSR count). The van der Waals surface area contributed by atoms with Gasteiger partial charge in [0.2, 0.25) is 0 Å². The number of hydrogen-bond acceptors (Lipinski definition) is 4. The summed E-state index contributed by atoms with van der Waals surface area (Å²) in [5.41, 5.74) is 1.30. The van der Waals surface area contributed by atoms with Gasteiger partial charge in [-0.25, -0.2) is 9.59 Å². The van der Waals surface area contributed by atoms with E-state index in [4.69, 9.17) is 9.84 Å². The number of carboxylic acid groups (broad SMARTS) is 1. The van der Waals surface area contributed by atoms with Crippen molar-refractivity contribution in [1.29, 1.82) is 0 Å². The average molecular weight is 399 g/mol. The van der Waals surface area contributed by atoms with Gasteiger partial charge in [0.1, 0.15) is 5.60 Å². The second-order valence-electron chi connectivity index (χ2n) is 9.67. The third kappa shape index (κ3) is 3.47. The largest absolute Gasteiger partial charge is 0.478 e. The van der Waals surface area contributed by atoms with Crippen LogP contribution >= 0.6 is 0 Å². The molecule has 7 heteroatoms. The first-order valence-corrected chi connectivity index (χ1v) is 10.3. The Bertz CT molecular complexity index is 961. The molecule has 2 N–H and O–H groups in total. The highest BCUT2D eigenvalue weighted by Gasteiger charge is 2.51. The number of aromatic nitrogens is 2. The van der Waals surface area contributed by atoms with E-state index >= 15 is 0 Å². The highest BCUT2D eigenvalue weighted by atomic mass is 16.6. The molecule has 0 radical (unpaired) electrons. The van der Waals surface area contributed by atoms with Crippen LogP contribution < -0.4 is 5.32 Å². The zero-order valence-electron chi connectivity index (χ0n) is 17.5. The first kappa shape index (κ1) is 19.7. The van der Waals surface area contributed by atoms with Gasteiger partial charge >= 0.3 is 12.1 Å². The Labute approximate surface area is 170 Å². The van der Waals surface area contributed by atoms with Crippen molar-refractivity contribution in [3.05, 3.63) is 29.5 Å². The third-order valence-electron chi connectivity index (χ3n) is 6.58. The van der Waals surface area contributed by atoms with Crippen LogP contribution in [0, 0.1) is 6.92 Å². The Hall–Kier alpha value is -2.57.